The van der Waals surface area contributed by atoms with Crippen LogP contribution in [-0.4, -0.2) is 22.8 Å². The topological polar surface area (TPSA) is 50.9 Å². The number of hydrogen-bond donors (Lipinski definition) is 2. The lowest BCUT2D eigenvalue weighted by Crippen LogP contribution is -2.10. The van der Waals surface area contributed by atoms with E-state index in [1.165, 1.54) is 0 Å². The first-order valence-electron chi connectivity index (χ1n) is 5.55. The summed E-state index contributed by atoms with van der Waals surface area (Å²) in [6, 6.07) is 8.86. The number of nitrogen functional groups attached to an aromatic ring is 1. The summed E-state index contributed by atoms with van der Waals surface area (Å²) >= 11 is -0.0484. The molecule has 19 heavy (non-hydrogen) atoms. The Labute approximate surface area is 112 Å². The fourth-order valence-electron chi connectivity index (χ4n) is 1.59. The van der Waals surface area contributed by atoms with Crippen LogP contribution in [-0.2, 0) is 0 Å². The average molecular weight is 287 g/mol. The van der Waals surface area contributed by atoms with Gasteiger partial charge in [0.25, 0.3) is 0 Å². The number of benzene rings is 1. The van der Waals surface area contributed by atoms with Crippen molar-refractivity contribution in [3.05, 3.63) is 30.3 Å². The Morgan fingerprint density at radius 3 is 2.74 bits per heavy atom. The maximum atomic E-state index is 11.9. The first-order chi connectivity index (χ1) is 8.94. The normalized spacial score (nSPS) is 11.7. The van der Waals surface area contributed by atoms with Crippen LogP contribution >= 0.6 is 11.8 Å². The minimum atomic E-state index is -4.18. The van der Waals surface area contributed by atoms with Gasteiger partial charge in [0.1, 0.15) is 5.82 Å². The number of nitrogens with one attached hydrogen (secondary N) is 1. The summed E-state index contributed by atoms with van der Waals surface area (Å²) in [7, 11) is 0. The molecule has 0 fully saturated rings. The number of pyridine rings is 1. The van der Waals surface area contributed by atoms with Crippen LogP contribution in [0.5, 0.6) is 0 Å². The summed E-state index contributed by atoms with van der Waals surface area (Å²) in [4.78, 5) is 4.29. The molecular formula is C12H12F3N3S. The van der Waals surface area contributed by atoms with Gasteiger partial charge in [0, 0.05) is 23.4 Å². The number of nitrogens with two attached hydrogens (primary N) is 1. The molecule has 1 aromatic heterocycles. The predicted octanol–water partition coefficient (Wildman–Crippen LogP) is 3.48. The second-order valence-electron chi connectivity index (χ2n) is 3.87. The molecule has 0 saturated carbocycles. The number of aromatic nitrogens is 1. The molecule has 0 bridgehead atoms. The van der Waals surface area contributed by atoms with Crippen molar-refractivity contribution in [1.29, 1.82) is 0 Å². The highest BCUT2D eigenvalue weighted by Gasteiger charge is 2.27. The summed E-state index contributed by atoms with van der Waals surface area (Å²) in [5.41, 5.74) is 2.87. The number of hydrogen-bond acceptors (Lipinski definition) is 4. The van der Waals surface area contributed by atoms with Gasteiger partial charge in [0.15, 0.2) is 0 Å². The molecule has 0 aliphatic rings. The minimum absolute atomic E-state index is 0.0484. The van der Waals surface area contributed by atoms with E-state index < -0.39 is 5.51 Å². The van der Waals surface area contributed by atoms with Crippen LogP contribution in [0.4, 0.5) is 24.7 Å². The quantitative estimate of drug-likeness (QED) is 0.667. The minimum Gasteiger partial charge on any atom is -0.399 e. The largest absolute Gasteiger partial charge is 0.441 e. The Hall–Kier alpha value is -1.63. The zero-order valence-electron chi connectivity index (χ0n) is 9.87. The van der Waals surface area contributed by atoms with Crippen LogP contribution in [0.15, 0.2) is 30.3 Å². The smallest absolute Gasteiger partial charge is 0.399 e. The van der Waals surface area contributed by atoms with E-state index >= 15 is 0 Å². The second kappa shape index (κ2) is 5.56. The number of thioether (sulfide) groups is 1. The van der Waals surface area contributed by atoms with Gasteiger partial charge in [-0.25, -0.2) is 4.98 Å². The highest BCUT2D eigenvalue weighted by molar-refractivity contribution is 8.00. The van der Waals surface area contributed by atoms with Gasteiger partial charge in [-0.1, -0.05) is 0 Å². The number of nitrogens with zero attached hydrogens (tertiary/aromatic N) is 1. The average Bonchev–Trinajstić information content (AvgIpc) is 2.33. The number of rotatable bonds is 4. The zero-order valence-corrected chi connectivity index (χ0v) is 10.7. The number of halogens is 3. The van der Waals surface area contributed by atoms with Crippen LogP contribution in [0.1, 0.15) is 0 Å². The van der Waals surface area contributed by atoms with E-state index in [0.29, 0.717) is 11.5 Å². The maximum Gasteiger partial charge on any atom is 0.441 e. The molecule has 0 saturated heterocycles. The maximum absolute atomic E-state index is 11.9. The van der Waals surface area contributed by atoms with Gasteiger partial charge in [0.05, 0.1) is 5.52 Å². The fourth-order valence-corrected chi connectivity index (χ4v) is 2.02. The Bertz CT molecular complexity index is 572. The molecule has 1 heterocycles. The molecule has 7 heteroatoms. The Morgan fingerprint density at radius 1 is 1.21 bits per heavy atom. The summed E-state index contributed by atoms with van der Waals surface area (Å²) in [6.45, 7) is 0.206. The standard InChI is InChI=1S/C12H12F3N3S/c13-12(14,15)19-6-5-17-11-4-1-8-7-9(16)2-3-10(8)18-11/h1-4,7H,5-6,16H2,(H,17,18). The molecule has 0 radical (unpaired) electrons. The number of alkyl halides is 3. The first-order valence-corrected chi connectivity index (χ1v) is 6.53. The molecule has 102 valence electrons. The van der Waals surface area contributed by atoms with Crippen LogP contribution < -0.4 is 11.1 Å². The molecule has 2 aromatic rings. The Kier molecular flexibility index (Phi) is 4.04. The van der Waals surface area contributed by atoms with E-state index in [-0.39, 0.29) is 24.1 Å². The molecule has 3 nitrogen and oxygen atoms in total. The van der Waals surface area contributed by atoms with E-state index in [1.807, 2.05) is 6.07 Å². The SMILES string of the molecule is Nc1ccc2nc(NCCSC(F)(F)F)ccc2c1. The van der Waals surface area contributed by atoms with Gasteiger partial charge >= 0.3 is 5.51 Å². The van der Waals surface area contributed by atoms with Crippen molar-refractivity contribution in [3.8, 4) is 0 Å². The van der Waals surface area contributed by atoms with Gasteiger partial charge in [-0.3, -0.25) is 0 Å². The lowest BCUT2D eigenvalue weighted by atomic mass is 10.2. The zero-order chi connectivity index (χ0) is 13.9. The van der Waals surface area contributed by atoms with E-state index in [0.717, 1.165) is 10.9 Å². The summed E-state index contributed by atoms with van der Waals surface area (Å²) < 4.78 is 35.8. The van der Waals surface area contributed by atoms with E-state index in [2.05, 4.69) is 10.3 Å². The molecule has 0 unspecified atom stereocenters. The third kappa shape index (κ3) is 4.20. The first kappa shape index (κ1) is 13.8. The van der Waals surface area contributed by atoms with Crippen LogP contribution in [0.3, 0.4) is 0 Å². The highest BCUT2D eigenvalue weighted by Crippen LogP contribution is 2.29. The van der Waals surface area contributed by atoms with Crippen molar-refractivity contribution in [1.82, 2.24) is 4.98 Å². The summed E-state index contributed by atoms with van der Waals surface area (Å²) in [5, 5.41) is 3.76. The molecule has 0 aliphatic carbocycles. The lowest BCUT2D eigenvalue weighted by Gasteiger charge is -2.08. The molecular weight excluding hydrogens is 275 g/mol. The molecule has 0 spiro atoms. The summed E-state index contributed by atoms with van der Waals surface area (Å²) in [6.07, 6.45) is 0. The van der Waals surface area contributed by atoms with Gasteiger partial charge in [-0.2, -0.15) is 13.2 Å². The molecule has 2 rings (SSSR count). The van der Waals surface area contributed by atoms with Crippen molar-refractivity contribution in [2.75, 3.05) is 23.3 Å². The monoisotopic (exact) mass is 287 g/mol. The third-order valence-electron chi connectivity index (χ3n) is 2.39. The van der Waals surface area contributed by atoms with Gasteiger partial charge in [-0.05, 0) is 42.1 Å². The van der Waals surface area contributed by atoms with E-state index in [4.69, 9.17) is 5.73 Å². The van der Waals surface area contributed by atoms with Gasteiger partial charge in [0.2, 0.25) is 0 Å². The fraction of sp³-hybridized carbons (Fsp3) is 0.250. The van der Waals surface area contributed by atoms with E-state index in [1.54, 1.807) is 24.3 Å². The van der Waals surface area contributed by atoms with Crippen LogP contribution in [0, 0.1) is 0 Å². The lowest BCUT2D eigenvalue weighted by molar-refractivity contribution is -0.0327. The molecule has 1 aromatic carbocycles. The molecule has 0 atom stereocenters. The molecule has 0 aliphatic heterocycles. The van der Waals surface area contributed by atoms with Crippen molar-refractivity contribution >= 4 is 34.2 Å². The van der Waals surface area contributed by atoms with Crippen molar-refractivity contribution < 1.29 is 13.2 Å². The van der Waals surface area contributed by atoms with Crippen molar-refractivity contribution in [2.24, 2.45) is 0 Å². The third-order valence-corrected chi connectivity index (χ3v) is 3.12. The Morgan fingerprint density at radius 2 is 2.00 bits per heavy atom. The van der Waals surface area contributed by atoms with Gasteiger partial charge in [-0.15, -0.1) is 0 Å². The number of anilines is 2. The van der Waals surface area contributed by atoms with Gasteiger partial charge < -0.3 is 11.1 Å². The van der Waals surface area contributed by atoms with Crippen molar-refractivity contribution in [2.45, 2.75) is 5.51 Å². The summed E-state index contributed by atoms with van der Waals surface area (Å²) in [5.74, 6) is 0.505. The molecule has 3 N–H and O–H groups in total. The Balaban J connectivity index is 1.96. The predicted molar refractivity (Wildman–Crippen MR) is 73.2 cm³/mol. The van der Waals surface area contributed by atoms with Crippen molar-refractivity contribution in [3.63, 3.8) is 0 Å². The number of fused-ring (bicyclic) bond motifs is 1. The van der Waals surface area contributed by atoms with Crippen LogP contribution in [0.2, 0.25) is 0 Å². The van der Waals surface area contributed by atoms with E-state index in [9.17, 15) is 13.2 Å². The second-order valence-corrected chi connectivity index (χ2v) is 5.03. The van der Waals surface area contributed by atoms with Crippen LogP contribution in [0.25, 0.3) is 10.9 Å². The molecule has 0 amide bonds. The highest BCUT2D eigenvalue weighted by atomic mass is 32.2.